The number of benzene rings is 1. The Labute approximate surface area is 122 Å². The Morgan fingerprint density at radius 1 is 1.14 bits per heavy atom. The lowest BCUT2D eigenvalue weighted by Gasteiger charge is -2.26. The number of halogens is 3. The maximum absolute atomic E-state index is 12.4. The van der Waals surface area contributed by atoms with Gasteiger partial charge in [-0.25, -0.2) is 0 Å². The van der Waals surface area contributed by atoms with Crippen LogP contribution in [0, 0.1) is 5.92 Å². The highest BCUT2D eigenvalue weighted by molar-refractivity contribution is 5.78. The third kappa shape index (κ3) is 4.76. The monoisotopic (exact) mass is 299 g/mol. The molecule has 2 nitrogen and oxygen atoms in total. The molecule has 21 heavy (non-hydrogen) atoms. The Morgan fingerprint density at radius 2 is 1.71 bits per heavy atom. The van der Waals surface area contributed by atoms with Gasteiger partial charge in [0.2, 0.25) is 5.91 Å². The van der Waals surface area contributed by atoms with Crippen LogP contribution in [-0.4, -0.2) is 11.9 Å². The molecule has 1 fully saturated rings. The topological polar surface area (TPSA) is 29.1 Å². The Bertz CT molecular complexity index is 473. The van der Waals surface area contributed by atoms with Crippen LogP contribution in [0.1, 0.15) is 43.7 Å². The average Bonchev–Trinajstić information content (AvgIpc) is 2.41. The molecule has 116 valence electrons. The molecule has 0 saturated heterocycles. The molecular weight excluding hydrogens is 279 g/mol. The first-order valence-corrected chi connectivity index (χ1v) is 7.30. The van der Waals surface area contributed by atoms with E-state index < -0.39 is 11.7 Å². The predicted molar refractivity (Wildman–Crippen MR) is 74.7 cm³/mol. The lowest BCUT2D eigenvalue weighted by molar-refractivity contribution is -0.137. The van der Waals surface area contributed by atoms with Crippen LogP contribution in [-0.2, 0) is 17.4 Å². The molecule has 0 aromatic heterocycles. The number of carbonyl (C=O) groups is 1. The highest BCUT2D eigenvalue weighted by atomic mass is 19.4. The standard InChI is InChI=1S/C16H20F3NO/c1-11-2-8-14(9-3-11)20-15(21)10-12-4-6-13(7-5-12)16(17,18)19/h4-7,11,14H,2-3,8-10H2,1H3,(H,20,21). The Morgan fingerprint density at radius 3 is 2.24 bits per heavy atom. The Kier molecular flexibility index (Phi) is 4.91. The molecule has 0 unspecified atom stereocenters. The van der Waals surface area contributed by atoms with Crippen LogP contribution in [0.2, 0.25) is 0 Å². The van der Waals surface area contributed by atoms with Gasteiger partial charge in [0.1, 0.15) is 0 Å². The van der Waals surface area contributed by atoms with Crippen LogP contribution in [0.15, 0.2) is 24.3 Å². The van der Waals surface area contributed by atoms with E-state index in [4.69, 9.17) is 0 Å². The summed E-state index contributed by atoms with van der Waals surface area (Å²) in [6.45, 7) is 2.21. The third-order valence-electron chi connectivity index (χ3n) is 4.03. The van der Waals surface area contributed by atoms with Gasteiger partial charge >= 0.3 is 6.18 Å². The molecule has 0 radical (unpaired) electrons. The van der Waals surface area contributed by atoms with Gasteiger partial charge in [-0.3, -0.25) is 4.79 Å². The van der Waals surface area contributed by atoms with E-state index in [1.807, 2.05) is 0 Å². The fourth-order valence-electron chi connectivity index (χ4n) is 2.68. The van der Waals surface area contributed by atoms with Crippen molar-refractivity contribution in [2.45, 2.75) is 51.2 Å². The van der Waals surface area contributed by atoms with Crippen molar-refractivity contribution in [3.05, 3.63) is 35.4 Å². The van der Waals surface area contributed by atoms with Crippen LogP contribution < -0.4 is 5.32 Å². The van der Waals surface area contributed by atoms with Crippen LogP contribution >= 0.6 is 0 Å². The van der Waals surface area contributed by atoms with Crippen molar-refractivity contribution in [1.82, 2.24) is 5.32 Å². The summed E-state index contributed by atoms with van der Waals surface area (Å²) in [5.74, 6) is 0.599. The van der Waals surface area contributed by atoms with Gasteiger partial charge in [0.15, 0.2) is 0 Å². The number of rotatable bonds is 3. The molecule has 0 bridgehead atoms. The quantitative estimate of drug-likeness (QED) is 0.900. The Hall–Kier alpha value is -1.52. The van der Waals surface area contributed by atoms with Crippen LogP contribution in [0.4, 0.5) is 13.2 Å². The predicted octanol–water partition coefficient (Wildman–Crippen LogP) is 3.94. The first kappa shape index (κ1) is 15.9. The number of hydrogen-bond donors (Lipinski definition) is 1. The van der Waals surface area contributed by atoms with Crippen molar-refractivity contribution >= 4 is 5.91 Å². The van der Waals surface area contributed by atoms with Crippen molar-refractivity contribution in [3.8, 4) is 0 Å². The van der Waals surface area contributed by atoms with E-state index in [-0.39, 0.29) is 18.4 Å². The van der Waals surface area contributed by atoms with Crippen LogP contribution in [0.5, 0.6) is 0 Å². The molecule has 1 amide bonds. The van der Waals surface area contributed by atoms with Crippen molar-refractivity contribution < 1.29 is 18.0 Å². The Balaban J connectivity index is 1.85. The highest BCUT2D eigenvalue weighted by Crippen LogP contribution is 2.29. The largest absolute Gasteiger partial charge is 0.416 e. The molecule has 1 aromatic rings. The van der Waals surface area contributed by atoms with Gasteiger partial charge in [-0.1, -0.05) is 19.1 Å². The molecule has 2 rings (SSSR count). The average molecular weight is 299 g/mol. The second-order valence-electron chi connectivity index (χ2n) is 5.90. The third-order valence-corrected chi connectivity index (χ3v) is 4.03. The molecule has 0 spiro atoms. The van der Waals surface area contributed by atoms with Crippen LogP contribution in [0.25, 0.3) is 0 Å². The summed E-state index contributed by atoms with van der Waals surface area (Å²) in [5.41, 5.74) is -0.0856. The molecule has 0 heterocycles. The molecule has 1 N–H and O–H groups in total. The first-order valence-electron chi connectivity index (χ1n) is 7.30. The molecule has 1 saturated carbocycles. The van der Waals surface area contributed by atoms with Gasteiger partial charge in [0.05, 0.1) is 12.0 Å². The lowest BCUT2D eigenvalue weighted by Crippen LogP contribution is -2.38. The maximum atomic E-state index is 12.4. The van der Waals surface area contributed by atoms with E-state index in [0.717, 1.165) is 37.8 Å². The van der Waals surface area contributed by atoms with E-state index in [2.05, 4.69) is 12.2 Å². The van der Waals surface area contributed by atoms with Gasteiger partial charge < -0.3 is 5.32 Å². The molecule has 0 atom stereocenters. The van der Waals surface area contributed by atoms with E-state index in [1.165, 1.54) is 12.1 Å². The number of amides is 1. The molecule has 1 aliphatic carbocycles. The zero-order chi connectivity index (χ0) is 15.5. The number of alkyl halides is 3. The second-order valence-corrected chi connectivity index (χ2v) is 5.90. The summed E-state index contributed by atoms with van der Waals surface area (Å²) in [7, 11) is 0. The number of hydrogen-bond acceptors (Lipinski definition) is 1. The number of nitrogens with one attached hydrogen (secondary N) is 1. The van der Waals surface area contributed by atoms with E-state index >= 15 is 0 Å². The molecular formula is C16H20F3NO. The SMILES string of the molecule is CC1CCC(NC(=O)Cc2ccc(C(F)(F)F)cc2)CC1. The fourth-order valence-corrected chi connectivity index (χ4v) is 2.68. The highest BCUT2D eigenvalue weighted by Gasteiger charge is 2.30. The summed E-state index contributed by atoms with van der Waals surface area (Å²) < 4.78 is 37.3. The number of carbonyl (C=O) groups excluding carboxylic acids is 1. The zero-order valence-corrected chi connectivity index (χ0v) is 12.0. The first-order chi connectivity index (χ1) is 9.84. The molecule has 1 aliphatic rings. The maximum Gasteiger partial charge on any atom is 0.416 e. The minimum absolute atomic E-state index is 0.116. The summed E-state index contributed by atoms with van der Waals surface area (Å²) in [5, 5.41) is 2.97. The van der Waals surface area contributed by atoms with E-state index in [0.29, 0.717) is 11.5 Å². The van der Waals surface area contributed by atoms with Gasteiger partial charge in [0, 0.05) is 6.04 Å². The zero-order valence-electron chi connectivity index (χ0n) is 12.0. The van der Waals surface area contributed by atoms with Gasteiger partial charge in [-0.15, -0.1) is 0 Å². The minimum Gasteiger partial charge on any atom is -0.353 e. The van der Waals surface area contributed by atoms with Crippen molar-refractivity contribution in [3.63, 3.8) is 0 Å². The van der Waals surface area contributed by atoms with Crippen molar-refractivity contribution in [2.75, 3.05) is 0 Å². The van der Waals surface area contributed by atoms with Crippen molar-refractivity contribution in [1.29, 1.82) is 0 Å². The van der Waals surface area contributed by atoms with Gasteiger partial charge in [0.25, 0.3) is 0 Å². The minimum atomic E-state index is -4.33. The summed E-state index contributed by atoms with van der Waals surface area (Å²) >= 11 is 0. The fraction of sp³-hybridized carbons (Fsp3) is 0.562. The molecule has 1 aromatic carbocycles. The smallest absolute Gasteiger partial charge is 0.353 e. The normalized spacial score (nSPS) is 22.9. The summed E-state index contributed by atoms with van der Waals surface area (Å²) in [6.07, 6.45) is 0.0000588. The molecule has 5 heteroatoms. The summed E-state index contributed by atoms with van der Waals surface area (Å²) in [6, 6.07) is 4.98. The second kappa shape index (κ2) is 6.50. The molecule has 0 aliphatic heterocycles. The van der Waals surface area contributed by atoms with Gasteiger partial charge in [-0.2, -0.15) is 13.2 Å². The van der Waals surface area contributed by atoms with E-state index in [9.17, 15) is 18.0 Å². The van der Waals surface area contributed by atoms with Crippen molar-refractivity contribution in [2.24, 2.45) is 5.92 Å². The lowest BCUT2D eigenvalue weighted by atomic mass is 9.87. The summed E-state index contributed by atoms with van der Waals surface area (Å²) in [4.78, 5) is 11.9. The van der Waals surface area contributed by atoms with Crippen LogP contribution in [0.3, 0.4) is 0 Å². The van der Waals surface area contributed by atoms with Gasteiger partial charge in [-0.05, 0) is 49.3 Å². The van der Waals surface area contributed by atoms with E-state index in [1.54, 1.807) is 0 Å².